The van der Waals surface area contributed by atoms with E-state index in [1.807, 2.05) is 0 Å². The molecule has 2 atom stereocenters. The maximum atomic E-state index is 13.8. The van der Waals surface area contributed by atoms with Crippen molar-refractivity contribution in [2.45, 2.75) is 50.2 Å². The predicted molar refractivity (Wildman–Crippen MR) is 87.9 cm³/mol. The van der Waals surface area contributed by atoms with Crippen LogP contribution in [0.15, 0.2) is 24.3 Å². The summed E-state index contributed by atoms with van der Waals surface area (Å²) in [6, 6.07) is 7.82. The van der Waals surface area contributed by atoms with Crippen molar-refractivity contribution in [2.24, 2.45) is 0 Å². The number of aromatic nitrogens is 1. The summed E-state index contributed by atoms with van der Waals surface area (Å²) in [6.45, 7) is 0. The molecule has 0 spiro atoms. The Balaban J connectivity index is 1.50. The van der Waals surface area contributed by atoms with E-state index < -0.39 is 0 Å². The predicted octanol–water partition coefficient (Wildman–Crippen LogP) is 3.05. The van der Waals surface area contributed by atoms with Gasteiger partial charge in [0.05, 0.1) is 0 Å². The van der Waals surface area contributed by atoms with Crippen molar-refractivity contribution in [2.75, 3.05) is 7.05 Å². The van der Waals surface area contributed by atoms with Crippen LogP contribution in [0.4, 0.5) is 4.39 Å². The fourth-order valence-electron chi connectivity index (χ4n) is 4.24. The number of amides is 1. The number of hydrogen-bond donors (Lipinski definition) is 2. The Bertz CT molecular complexity index is 727. The number of halogens is 1. The van der Waals surface area contributed by atoms with Crippen LogP contribution in [0.25, 0.3) is 10.9 Å². The summed E-state index contributed by atoms with van der Waals surface area (Å²) in [6.07, 6.45) is 5.75. The van der Waals surface area contributed by atoms with Gasteiger partial charge >= 0.3 is 0 Å². The number of fused-ring (bicyclic) bond motifs is 3. The molecule has 4 nitrogen and oxygen atoms in total. The third-order valence-corrected chi connectivity index (χ3v) is 5.53. The number of nitrogens with zero attached hydrogens (tertiary/aromatic N) is 1. The SMILES string of the molecule is CN1C2CCCC1CC(NC(=O)c1cc3c(F)cccc3[nH]1)C2. The second kappa shape index (κ2) is 5.64. The molecule has 2 saturated heterocycles. The highest BCUT2D eigenvalue weighted by atomic mass is 19.1. The van der Waals surface area contributed by atoms with Crippen molar-refractivity contribution in [1.82, 2.24) is 15.2 Å². The number of piperidine rings is 2. The Morgan fingerprint density at radius 2 is 2.04 bits per heavy atom. The monoisotopic (exact) mass is 315 g/mol. The van der Waals surface area contributed by atoms with Crippen LogP contribution in [0.1, 0.15) is 42.6 Å². The fraction of sp³-hybridized carbons (Fsp3) is 0.500. The Morgan fingerprint density at radius 1 is 1.30 bits per heavy atom. The fourth-order valence-corrected chi connectivity index (χ4v) is 4.24. The van der Waals surface area contributed by atoms with E-state index in [1.165, 1.54) is 25.3 Å². The van der Waals surface area contributed by atoms with Gasteiger partial charge in [0.1, 0.15) is 11.5 Å². The number of nitrogens with one attached hydrogen (secondary N) is 2. The van der Waals surface area contributed by atoms with E-state index in [9.17, 15) is 9.18 Å². The molecule has 0 aliphatic carbocycles. The van der Waals surface area contributed by atoms with Crippen molar-refractivity contribution in [1.29, 1.82) is 0 Å². The van der Waals surface area contributed by atoms with E-state index in [4.69, 9.17) is 0 Å². The van der Waals surface area contributed by atoms with Gasteiger partial charge in [0.2, 0.25) is 0 Å². The van der Waals surface area contributed by atoms with Gasteiger partial charge in [-0.2, -0.15) is 0 Å². The topological polar surface area (TPSA) is 48.1 Å². The molecule has 2 aromatic rings. The second-order valence-electron chi connectivity index (χ2n) is 6.93. The summed E-state index contributed by atoms with van der Waals surface area (Å²) in [4.78, 5) is 18.0. The lowest BCUT2D eigenvalue weighted by Crippen LogP contribution is -2.55. The van der Waals surface area contributed by atoms with E-state index in [1.54, 1.807) is 18.2 Å². The second-order valence-corrected chi connectivity index (χ2v) is 6.93. The molecular formula is C18H22FN3O. The van der Waals surface area contributed by atoms with Gasteiger partial charge in [0, 0.05) is 29.0 Å². The third-order valence-electron chi connectivity index (χ3n) is 5.53. The van der Waals surface area contributed by atoms with Crippen LogP contribution in [0, 0.1) is 5.82 Å². The molecule has 5 heteroatoms. The number of hydrogen-bond acceptors (Lipinski definition) is 2. The molecule has 0 saturated carbocycles. The molecule has 2 bridgehead atoms. The van der Waals surface area contributed by atoms with E-state index in [2.05, 4.69) is 22.2 Å². The van der Waals surface area contributed by atoms with Crippen molar-refractivity contribution in [3.63, 3.8) is 0 Å². The van der Waals surface area contributed by atoms with E-state index in [0.717, 1.165) is 12.8 Å². The minimum absolute atomic E-state index is 0.131. The molecular weight excluding hydrogens is 293 g/mol. The van der Waals surface area contributed by atoms with Gasteiger partial charge in [0.15, 0.2) is 0 Å². The Morgan fingerprint density at radius 3 is 2.74 bits per heavy atom. The van der Waals surface area contributed by atoms with Crippen LogP contribution >= 0.6 is 0 Å². The van der Waals surface area contributed by atoms with Gasteiger partial charge in [-0.15, -0.1) is 0 Å². The van der Waals surface area contributed by atoms with Gasteiger partial charge in [0.25, 0.3) is 5.91 Å². The van der Waals surface area contributed by atoms with Gasteiger partial charge < -0.3 is 15.2 Å². The number of H-pyrrole nitrogens is 1. The smallest absolute Gasteiger partial charge is 0.267 e. The van der Waals surface area contributed by atoms with Crippen LogP contribution < -0.4 is 5.32 Å². The van der Waals surface area contributed by atoms with Crippen molar-refractivity contribution >= 4 is 16.8 Å². The van der Waals surface area contributed by atoms with Crippen LogP contribution in [0.2, 0.25) is 0 Å². The van der Waals surface area contributed by atoms with Gasteiger partial charge in [-0.25, -0.2) is 4.39 Å². The van der Waals surface area contributed by atoms with Gasteiger partial charge in [-0.3, -0.25) is 4.79 Å². The molecule has 122 valence electrons. The number of rotatable bonds is 2. The van der Waals surface area contributed by atoms with Crippen LogP contribution in [-0.4, -0.2) is 41.0 Å². The zero-order chi connectivity index (χ0) is 16.0. The molecule has 2 N–H and O–H groups in total. The minimum atomic E-state index is -0.299. The molecule has 2 aliphatic rings. The molecule has 0 radical (unpaired) electrons. The zero-order valence-corrected chi connectivity index (χ0v) is 13.3. The number of carbonyl (C=O) groups is 1. The average Bonchev–Trinajstić information content (AvgIpc) is 2.94. The van der Waals surface area contributed by atoms with Gasteiger partial charge in [-0.05, 0) is 50.9 Å². The molecule has 2 fully saturated rings. The summed E-state index contributed by atoms with van der Waals surface area (Å²) in [7, 11) is 2.20. The van der Waals surface area contributed by atoms with Crippen molar-refractivity contribution in [3.8, 4) is 0 Å². The largest absolute Gasteiger partial charge is 0.350 e. The Labute approximate surface area is 135 Å². The first-order valence-electron chi connectivity index (χ1n) is 8.42. The maximum absolute atomic E-state index is 13.8. The number of aromatic amines is 1. The molecule has 2 aliphatic heterocycles. The quantitative estimate of drug-likeness (QED) is 0.895. The van der Waals surface area contributed by atoms with Crippen LogP contribution in [-0.2, 0) is 0 Å². The zero-order valence-electron chi connectivity index (χ0n) is 13.3. The highest BCUT2D eigenvalue weighted by Gasteiger charge is 2.36. The van der Waals surface area contributed by atoms with E-state index in [-0.39, 0.29) is 17.8 Å². The number of carbonyl (C=O) groups excluding carboxylic acids is 1. The van der Waals surface area contributed by atoms with Crippen molar-refractivity contribution < 1.29 is 9.18 Å². The van der Waals surface area contributed by atoms with E-state index >= 15 is 0 Å². The first-order chi connectivity index (χ1) is 11.1. The molecule has 23 heavy (non-hydrogen) atoms. The summed E-state index contributed by atoms with van der Waals surface area (Å²) in [5, 5.41) is 3.62. The summed E-state index contributed by atoms with van der Waals surface area (Å²) < 4.78 is 13.8. The summed E-state index contributed by atoms with van der Waals surface area (Å²) in [5.74, 6) is -0.431. The van der Waals surface area contributed by atoms with E-state index in [0.29, 0.717) is 28.7 Å². The maximum Gasteiger partial charge on any atom is 0.267 e. The standard InChI is InChI=1S/C18H22FN3O/c1-22-12-4-2-5-13(22)9-11(8-12)20-18(23)17-10-14-15(19)6-3-7-16(14)21-17/h3,6-7,10-13,21H,2,4-5,8-9H2,1H3,(H,20,23). The molecule has 1 aromatic carbocycles. The van der Waals surface area contributed by atoms with Gasteiger partial charge in [-0.1, -0.05) is 12.5 Å². The molecule has 4 rings (SSSR count). The first kappa shape index (κ1) is 14.7. The average molecular weight is 315 g/mol. The number of benzene rings is 1. The highest BCUT2D eigenvalue weighted by Crippen LogP contribution is 2.32. The first-order valence-corrected chi connectivity index (χ1v) is 8.42. The van der Waals surface area contributed by atoms with Crippen LogP contribution in [0.3, 0.4) is 0 Å². The summed E-state index contributed by atoms with van der Waals surface area (Å²) >= 11 is 0. The Kier molecular flexibility index (Phi) is 3.60. The molecule has 1 aromatic heterocycles. The molecule has 3 heterocycles. The van der Waals surface area contributed by atoms with Crippen LogP contribution in [0.5, 0.6) is 0 Å². The molecule has 2 unspecified atom stereocenters. The third kappa shape index (κ3) is 2.63. The lowest BCUT2D eigenvalue weighted by atomic mass is 9.82. The minimum Gasteiger partial charge on any atom is -0.350 e. The van der Waals surface area contributed by atoms with Crippen molar-refractivity contribution in [3.05, 3.63) is 35.8 Å². The molecule has 1 amide bonds. The lowest BCUT2D eigenvalue weighted by molar-refractivity contribution is 0.0462. The normalized spacial score (nSPS) is 28.0. The lowest BCUT2D eigenvalue weighted by Gasteiger charge is -2.47. The summed E-state index contributed by atoms with van der Waals surface area (Å²) in [5.41, 5.74) is 1.10. The highest BCUT2D eigenvalue weighted by molar-refractivity contribution is 5.98. The Hall–Kier alpha value is -1.88.